The van der Waals surface area contributed by atoms with E-state index in [1.807, 2.05) is 0 Å². The van der Waals surface area contributed by atoms with Gasteiger partial charge in [-0.1, -0.05) is 11.1 Å². The fourth-order valence-corrected chi connectivity index (χ4v) is 1.01. The Kier molecular flexibility index (Phi) is 1.31. The summed E-state index contributed by atoms with van der Waals surface area (Å²) in [5.74, 6) is 2.49. The number of aromatic nitrogens is 4. The second-order valence-corrected chi connectivity index (χ2v) is 2.42. The number of terminal acetylenes is 1. The molecule has 4 nitrogen and oxygen atoms in total. The van der Waals surface area contributed by atoms with Crippen molar-refractivity contribution in [3.05, 3.63) is 17.8 Å². The first-order valence-corrected chi connectivity index (χ1v) is 3.43. The molecule has 0 saturated carbocycles. The van der Waals surface area contributed by atoms with E-state index in [1.54, 1.807) is 24.0 Å². The van der Waals surface area contributed by atoms with Crippen molar-refractivity contribution in [3.8, 4) is 12.3 Å². The number of fused-ring (bicyclic) bond motifs is 1. The molecule has 0 atom stereocenters. The fourth-order valence-electron chi connectivity index (χ4n) is 1.01. The number of pyridine rings is 1. The van der Waals surface area contributed by atoms with E-state index in [4.69, 9.17) is 6.42 Å². The molecular weight excluding hydrogens is 152 g/mol. The lowest BCUT2D eigenvalue weighted by molar-refractivity contribution is 0.730. The largest absolute Gasteiger partial charge is 0.234 e. The van der Waals surface area contributed by atoms with Gasteiger partial charge in [-0.05, 0) is 6.07 Å². The van der Waals surface area contributed by atoms with Gasteiger partial charge in [-0.15, -0.1) is 11.5 Å². The van der Waals surface area contributed by atoms with Gasteiger partial charge in [-0.25, -0.2) is 9.67 Å². The van der Waals surface area contributed by atoms with Crippen molar-refractivity contribution in [2.45, 2.75) is 0 Å². The number of hydrogen-bond donors (Lipinski definition) is 0. The second-order valence-electron chi connectivity index (χ2n) is 2.42. The molecule has 58 valence electrons. The van der Waals surface area contributed by atoms with Gasteiger partial charge in [0.2, 0.25) is 0 Å². The molecule has 2 rings (SSSR count). The lowest BCUT2D eigenvalue weighted by Crippen LogP contribution is -1.91. The topological polar surface area (TPSA) is 43.6 Å². The third-order valence-corrected chi connectivity index (χ3v) is 1.61. The van der Waals surface area contributed by atoms with E-state index >= 15 is 0 Å². The highest BCUT2D eigenvalue weighted by Crippen LogP contribution is 2.07. The van der Waals surface area contributed by atoms with Gasteiger partial charge in [0, 0.05) is 18.8 Å². The summed E-state index contributed by atoms with van der Waals surface area (Å²) >= 11 is 0. The number of rotatable bonds is 0. The molecule has 2 heterocycles. The van der Waals surface area contributed by atoms with Crippen LogP contribution < -0.4 is 0 Å². The van der Waals surface area contributed by atoms with Crippen LogP contribution in [0.4, 0.5) is 0 Å². The van der Waals surface area contributed by atoms with E-state index in [9.17, 15) is 0 Å². The summed E-state index contributed by atoms with van der Waals surface area (Å²) in [5.41, 5.74) is 2.20. The summed E-state index contributed by atoms with van der Waals surface area (Å²) in [4.78, 5) is 4.11. The zero-order chi connectivity index (χ0) is 8.55. The highest BCUT2D eigenvalue weighted by atomic mass is 15.4. The van der Waals surface area contributed by atoms with Crippen molar-refractivity contribution < 1.29 is 0 Å². The normalized spacial score (nSPS) is 10.0. The molecule has 0 amide bonds. The van der Waals surface area contributed by atoms with Crippen LogP contribution in [0.5, 0.6) is 0 Å². The van der Waals surface area contributed by atoms with Crippen LogP contribution in [-0.4, -0.2) is 20.0 Å². The van der Waals surface area contributed by atoms with Crippen LogP contribution in [0.2, 0.25) is 0 Å². The Labute approximate surface area is 69.2 Å². The number of hydrogen-bond acceptors (Lipinski definition) is 3. The molecule has 2 aromatic heterocycles. The molecule has 0 unspecified atom stereocenters. The Bertz CT molecular complexity index is 463. The Balaban J connectivity index is 2.80. The maximum Gasteiger partial charge on any atom is 0.178 e. The first-order valence-electron chi connectivity index (χ1n) is 3.43. The summed E-state index contributed by atoms with van der Waals surface area (Å²) in [5, 5.41) is 7.69. The van der Waals surface area contributed by atoms with Gasteiger partial charge in [-0.2, -0.15) is 0 Å². The predicted molar refractivity (Wildman–Crippen MR) is 44.2 cm³/mol. The lowest BCUT2D eigenvalue weighted by Gasteiger charge is -1.90. The van der Waals surface area contributed by atoms with Crippen LogP contribution in [0, 0.1) is 12.3 Å². The van der Waals surface area contributed by atoms with E-state index in [0.29, 0.717) is 0 Å². The molecule has 0 bridgehead atoms. The monoisotopic (exact) mass is 158 g/mol. The number of nitrogens with zero attached hydrogens (tertiary/aromatic N) is 4. The van der Waals surface area contributed by atoms with Crippen molar-refractivity contribution in [1.82, 2.24) is 20.0 Å². The summed E-state index contributed by atoms with van der Waals surface area (Å²) in [6, 6.07) is 1.79. The standard InChI is InChI=1S/C8H6N4/c1-3-6-4-7-8(9-5-6)12(2)11-10-7/h1,4-5H,2H3. The van der Waals surface area contributed by atoms with Gasteiger partial charge in [-0.3, -0.25) is 0 Å². The third-order valence-electron chi connectivity index (χ3n) is 1.61. The van der Waals surface area contributed by atoms with Crippen LogP contribution in [0.15, 0.2) is 12.3 Å². The first-order chi connectivity index (χ1) is 5.81. The summed E-state index contributed by atoms with van der Waals surface area (Å²) in [6.07, 6.45) is 6.83. The highest BCUT2D eigenvalue weighted by molar-refractivity contribution is 5.70. The van der Waals surface area contributed by atoms with Crippen LogP contribution in [0.25, 0.3) is 11.2 Å². The van der Waals surface area contributed by atoms with E-state index < -0.39 is 0 Å². The van der Waals surface area contributed by atoms with Crippen molar-refractivity contribution in [2.24, 2.45) is 7.05 Å². The maximum atomic E-state index is 5.20. The van der Waals surface area contributed by atoms with E-state index in [0.717, 1.165) is 16.7 Å². The van der Waals surface area contributed by atoms with Crippen LogP contribution in [-0.2, 0) is 7.05 Å². The van der Waals surface area contributed by atoms with Crippen molar-refractivity contribution in [1.29, 1.82) is 0 Å². The van der Waals surface area contributed by atoms with Crippen molar-refractivity contribution in [3.63, 3.8) is 0 Å². The maximum absolute atomic E-state index is 5.20. The zero-order valence-electron chi connectivity index (χ0n) is 6.52. The molecule has 2 aromatic rings. The molecule has 12 heavy (non-hydrogen) atoms. The van der Waals surface area contributed by atoms with E-state index in [1.165, 1.54) is 0 Å². The quantitative estimate of drug-likeness (QED) is 0.519. The van der Waals surface area contributed by atoms with Crippen molar-refractivity contribution >= 4 is 11.2 Å². The van der Waals surface area contributed by atoms with E-state index in [-0.39, 0.29) is 0 Å². The molecular formula is C8H6N4. The molecule has 0 aliphatic rings. The van der Waals surface area contributed by atoms with E-state index in [2.05, 4.69) is 21.2 Å². The summed E-state index contributed by atoms with van der Waals surface area (Å²) in [6.45, 7) is 0. The third kappa shape index (κ3) is 0.839. The first kappa shape index (κ1) is 6.80. The van der Waals surface area contributed by atoms with Gasteiger partial charge in [0.1, 0.15) is 5.52 Å². The molecule has 0 aliphatic carbocycles. The minimum atomic E-state index is 0.725. The zero-order valence-corrected chi connectivity index (χ0v) is 6.52. The average Bonchev–Trinajstić information content (AvgIpc) is 2.47. The smallest absolute Gasteiger partial charge is 0.178 e. The predicted octanol–water partition coefficient (Wildman–Crippen LogP) is 0.345. The fraction of sp³-hybridized carbons (Fsp3) is 0.125. The highest BCUT2D eigenvalue weighted by Gasteiger charge is 2.01. The van der Waals surface area contributed by atoms with Crippen LogP contribution in [0.3, 0.4) is 0 Å². The van der Waals surface area contributed by atoms with Gasteiger partial charge < -0.3 is 0 Å². The molecule has 0 aliphatic heterocycles. The van der Waals surface area contributed by atoms with Gasteiger partial charge in [0.05, 0.1) is 0 Å². The molecule has 0 N–H and O–H groups in total. The average molecular weight is 158 g/mol. The second kappa shape index (κ2) is 2.31. The minimum Gasteiger partial charge on any atom is -0.234 e. The molecule has 0 radical (unpaired) electrons. The Morgan fingerprint density at radius 2 is 2.42 bits per heavy atom. The molecule has 0 aromatic carbocycles. The van der Waals surface area contributed by atoms with Crippen LogP contribution in [0.1, 0.15) is 5.56 Å². The van der Waals surface area contributed by atoms with Crippen molar-refractivity contribution in [2.75, 3.05) is 0 Å². The molecule has 0 spiro atoms. The molecule has 4 heteroatoms. The van der Waals surface area contributed by atoms with Gasteiger partial charge in [0.25, 0.3) is 0 Å². The Morgan fingerprint density at radius 3 is 3.17 bits per heavy atom. The summed E-state index contributed by atoms with van der Waals surface area (Å²) < 4.78 is 1.61. The molecule has 0 fully saturated rings. The Hall–Kier alpha value is -1.89. The van der Waals surface area contributed by atoms with Gasteiger partial charge in [0.15, 0.2) is 5.65 Å². The van der Waals surface area contributed by atoms with Gasteiger partial charge >= 0.3 is 0 Å². The lowest BCUT2D eigenvalue weighted by atomic mass is 10.3. The van der Waals surface area contributed by atoms with Crippen LogP contribution >= 0.6 is 0 Å². The SMILES string of the molecule is C#Cc1cnc2c(c1)nnn2C. The minimum absolute atomic E-state index is 0.725. The Morgan fingerprint density at radius 1 is 1.58 bits per heavy atom. The number of aryl methyl sites for hydroxylation is 1. The summed E-state index contributed by atoms with van der Waals surface area (Å²) in [7, 11) is 1.79. The molecule has 0 saturated heterocycles.